The number of rotatable bonds is 3. The number of methoxy groups -OCH3 is 1. The molecule has 0 radical (unpaired) electrons. The third-order valence-electron chi connectivity index (χ3n) is 3.79. The van der Waals surface area contributed by atoms with Gasteiger partial charge in [-0.05, 0) is 31.6 Å². The second kappa shape index (κ2) is 6.66. The van der Waals surface area contributed by atoms with Gasteiger partial charge in [-0.3, -0.25) is 9.78 Å². The Balaban J connectivity index is 1.92. The van der Waals surface area contributed by atoms with Crippen molar-refractivity contribution in [1.29, 1.82) is 0 Å². The third-order valence-corrected chi connectivity index (χ3v) is 3.79. The highest BCUT2D eigenvalue weighted by molar-refractivity contribution is 5.76. The Hall–Kier alpha value is -1.96. The number of ether oxygens (including phenoxy) is 1. The molecule has 0 aliphatic heterocycles. The molecule has 0 unspecified atom stereocenters. The van der Waals surface area contributed by atoms with Crippen LogP contribution in [0.4, 0.5) is 9.18 Å². The summed E-state index contributed by atoms with van der Waals surface area (Å²) in [6, 6.07) is -0.746. The molecule has 7 nitrogen and oxygen atoms in total. The number of halogens is 1. The minimum Gasteiger partial charge on any atom is -0.381 e. The van der Waals surface area contributed by atoms with Crippen LogP contribution in [0.2, 0.25) is 0 Å². The molecular weight excluding hydrogens is 281 g/mol. The van der Waals surface area contributed by atoms with E-state index in [1.165, 1.54) is 0 Å². The zero-order valence-electron chi connectivity index (χ0n) is 11.7. The number of aromatic amines is 1. The van der Waals surface area contributed by atoms with Crippen molar-refractivity contribution >= 4 is 6.03 Å². The van der Waals surface area contributed by atoms with Gasteiger partial charge < -0.3 is 10.1 Å². The van der Waals surface area contributed by atoms with E-state index in [1.54, 1.807) is 12.1 Å². The number of nitrogens with zero attached hydrogens (tertiary/aromatic N) is 1. The van der Waals surface area contributed by atoms with E-state index in [2.05, 4.69) is 5.32 Å². The SMILES string of the molecule is COC1CCC(CNC(=O)n2cc(F)c(=O)[nH]c2=O)CC1. The number of nitrogens with one attached hydrogen (secondary N) is 2. The van der Waals surface area contributed by atoms with Gasteiger partial charge in [-0.2, -0.15) is 4.39 Å². The summed E-state index contributed by atoms with van der Waals surface area (Å²) in [5.74, 6) is -0.867. The monoisotopic (exact) mass is 299 g/mol. The van der Waals surface area contributed by atoms with Crippen LogP contribution in [-0.2, 0) is 4.74 Å². The first-order valence-corrected chi connectivity index (χ1v) is 6.83. The highest BCUT2D eigenvalue weighted by atomic mass is 19.1. The van der Waals surface area contributed by atoms with Crippen LogP contribution in [0.5, 0.6) is 0 Å². The van der Waals surface area contributed by atoms with E-state index in [4.69, 9.17) is 4.74 Å². The van der Waals surface area contributed by atoms with E-state index < -0.39 is 23.1 Å². The number of H-pyrrole nitrogens is 1. The summed E-state index contributed by atoms with van der Waals surface area (Å²) in [6.07, 6.45) is 4.58. The molecular formula is C13H18FN3O4. The van der Waals surface area contributed by atoms with Crippen molar-refractivity contribution in [2.24, 2.45) is 5.92 Å². The topological polar surface area (TPSA) is 93.2 Å². The molecule has 116 valence electrons. The predicted molar refractivity (Wildman–Crippen MR) is 72.8 cm³/mol. The maximum absolute atomic E-state index is 13.1. The Morgan fingerprint density at radius 1 is 1.43 bits per heavy atom. The molecule has 1 saturated carbocycles. The average molecular weight is 299 g/mol. The first kappa shape index (κ1) is 15.4. The van der Waals surface area contributed by atoms with E-state index in [0.717, 1.165) is 25.7 Å². The van der Waals surface area contributed by atoms with E-state index >= 15 is 0 Å². The predicted octanol–water partition coefficient (Wildman–Crippen LogP) is 0.439. The molecule has 1 heterocycles. The van der Waals surface area contributed by atoms with Crippen LogP contribution < -0.4 is 16.6 Å². The van der Waals surface area contributed by atoms with Gasteiger partial charge in [0, 0.05) is 13.7 Å². The maximum atomic E-state index is 13.1. The van der Waals surface area contributed by atoms with Crippen LogP contribution in [-0.4, -0.2) is 35.3 Å². The van der Waals surface area contributed by atoms with Crippen LogP contribution in [0.1, 0.15) is 25.7 Å². The van der Waals surface area contributed by atoms with Crippen molar-refractivity contribution in [2.45, 2.75) is 31.8 Å². The molecule has 1 fully saturated rings. The molecule has 1 amide bonds. The van der Waals surface area contributed by atoms with Gasteiger partial charge in [0.1, 0.15) is 0 Å². The Morgan fingerprint density at radius 3 is 2.71 bits per heavy atom. The second-order valence-corrected chi connectivity index (χ2v) is 5.17. The summed E-state index contributed by atoms with van der Waals surface area (Å²) in [5.41, 5.74) is -2.09. The molecule has 0 saturated heterocycles. The fraction of sp³-hybridized carbons (Fsp3) is 0.615. The van der Waals surface area contributed by atoms with Crippen LogP contribution in [0.3, 0.4) is 0 Å². The summed E-state index contributed by atoms with van der Waals surface area (Å²) >= 11 is 0. The minimum atomic E-state index is -1.18. The quantitative estimate of drug-likeness (QED) is 0.847. The van der Waals surface area contributed by atoms with Crippen molar-refractivity contribution in [2.75, 3.05) is 13.7 Å². The first-order chi connectivity index (χ1) is 10.0. The second-order valence-electron chi connectivity index (χ2n) is 5.17. The maximum Gasteiger partial charge on any atom is 0.336 e. The molecule has 0 atom stereocenters. The minimum absolute atomic E-state index is 0.271. The van der Waals surface area contributed by atoms with E-state index in [9.17, 15) is 18.8 Å². The van der Waals surface area contributed by atoms with Gasteiger partial charge in [0.25, 0.3) is 5.56 Å². The fourth-order valence-corrected chi connectivity index (χ4v) is 2.49. The normalized spacial score (nSPS) is 22.0. The van der Waals surface area contributed by atoms with E-state index in [-0.39, 0.29) is 6.10 Å². The Morgan fingerprint density at radius 2 is 2.10 bits per heavy atom. The summed E-state index contributed by atoms with van der Waals surface area (Å²) in [5, 5.41) is 2.58. The van der Waals surface area contributed by atoms with Gasteiger partial charge >= 0.3 is 11.7 Å². The molecule has 1 aliphatic rings. The molecule has 1 aliphatic carbocycles. The molecule has 2 N–H and O–H groups in total. The number of carbonyl (C=O) groups is 1. The summed E-state index contributed by atoms with van der Waals surface area (Å²) in [6.45, 7) is 0.405. The van der Waals surface area contributed by atoms with Gasteiger partial charge in [0.05, 0.1) is 12.3 Å². The van der Waals surface area contributed by atoms with Crippen molar-refractivity contribution in [3.05, 3.63) is 32.9 Å². The van der Waals surface area contributed by atoms with Crippen LogP contribution in [0.15, 0.2) is 15.8 Å². The number of aromatic nitrogens is 2. The first-order valence-electron chi connectivity index (χ1n) is 6.83. The highest BCUT2D eigenvalue weighted by Gasteiger charge is 2.21. The third kappa shape index (κ3) is 3.78. The molecule has 8 heteroatoms. The number of hydrogen-bond donors (Lipinski definition) is 2. The number of carbonyl (C=O) groups excluding carboxylic acids is 1. The van der Waals surface area contributed by atoms with Crippen molar-refractivity contribution < 1.29 is 13.9 Å². The molecule has 1 aromatic rings. The largest absolute Gasteiger partial charge is 0.381 e. The Bertz CT molecular complexity index is 617. The molecule has 2 rings (SSSR count). The van der Waals surface area contributed by atoms with Gasteiger partial charge in [-0.15, -0.1) is 0 Å². The van der Waals surface area contributed by atoms with E-state index in [1.807, 2.05) is 0 Å². The van der Waals surface area contributed by atoms with E-state index in [0.29, 0.717) is 23.2 Å². The van der Waals surface area contributed by atoms with Crippen molar-refractivity contribution in [3.8, 4) is 0 Å². The standard InChI is InChI=1S/C13H18FN3O4/c1-21-9-4-2-8(3-5-9)6-15-12(19)17-7-10(14)11(18)16-13(17)20/h7-9H,2-6H2,1H3,(H,15,19)(H,16,18,20). The lowest BCUT2D eigenvalue weighted by molar-refractivity contribution is 0.0571. The Kier molecular flexibility index (Phi) is 4.89. The van der Waals surface area contributed by atoms with Gasteiger partial charge in [0.15, 0.2) is 0 Å². The zero-order chi connectivity index (χ0) is 15.4. The van der Waals surface area contributed by atoms with Crippen LogP contribution in [0, 0.1) is 11.7 Å². The summed E-state index contributed by atoms with van der Waals surface area (Å²) < 4.78 is 18.9. The van der Waals surface area contributed by atoms with Gasteiger partial charge in [0.2, 0.25) is 5.82 Å². The molecule has 21 heavy (non-hydrogen) atoms. The number of amides is 1. The molecule has 0 bridgehead atoms. The van der Waals surface area contributed by atoms with Crippen LogP contribution >= 0.6 is 0 Å². The smallest absolute Gasteiger partial charge is 0.336 e. The fourth-order valence-electron chi connectivity index (χ4n) is 2.49. The molecule has 0 aromatic carbocycles. The average Bonchev–Trinajstić information content (AvgIpc) is 2.49. The number of hydrogen-bond acceptors (Lipinski definition) is 4. The summed E-state index contributed by atoms with van der Waals surface area (Å²) in [7, 11) is 1.68. The highest BCUT2D eigenvalue weighted by Crippen LogP contribution is 2.25. The lowest BCUT2D eigenvalue weighted by Crippen LogP contribution is -2.42. The van der Waals surface area contributed by atoms with Crippen molar-refractivity contribution in [3.63, 3.8) is 0 Å². The zero-order valence-corrected chi connectivity index (χ0v) is 11.7. The molecule has 1 aromatic heterocycles. The van der Waals surface area contributed by atoms with Gasteiger partial charge in [-0.1, -0.05) is 0 Å². The molecule has 0 spiro atoms. The lowest BCUT2D eigenvalue weighted by atomic mass is 9.87. The van der Waals surface area contributed by atoms with Gasteiger partial charge in [-0.25, -0.2) is 14.2 Å². The van der Waals surface area contributed by atoms with Crippen molar-refractivity contribution in [1.82, 2.24) is 14.9 Å². The van der Waals surface area contributed by atoms with Crippen LogP contribution in [0.25, 0.3) is 0 Å². The Labute approximate surface area is 120 Å². The lowest BCUT2D eigenvalue weighted by Gasteiger charge is -2.27. The summed E-state index contributed by atoms with van der Waals surface area (Å²) in [4.78, 5) is 35.9.